The minimum Gasteiger partial charge on any atom is -0.470 e. The Balaban J connectivity index is 2.16. The summed E-state index contributed by atoms with van der Waals surface area (Å²) in [5, 5.41) is 8.04. The molecule has 1 heterocycles. The van der Waals surface area contributed by atoms with E-state index in [1.165, 1.54) is 25.3 Å². The summed E-state index contributed by atoms with van der Waals surface area (Å²) in [7, 11) is -3.76. The van der Waals surface area contributed by atoms with E-state index < -0.39 is 16.1 Å². The van der Waals surface area contributed by atoms with Gasteiger partial charge in [0.2, 0.25) is 21.9 Å². The van der Waals surface area contributed by atoms with Crippen LogP contribution in [0.2, 0.25) is 0 Å². The number of nitrogens with zero attached hydrogens (tertiary/aromatic N) is 2. The van der Waals surface area contributed by atoms with Crippen LogP contribution in [-0.2, 0) is 19.6 Å². The first-order chi connectivity index (χ1) is 13.1. The van der Waals surface area contributed by atoms with Crippen LogP contribution in [0.25, 0.3) is 0 Å². The van der Waals surface area contributed by atoms with Crippen molar-refractivity contribution in [3.8, 4) is 5.88 Å². The average Bonchev–Trinajstić information content (AvgIpc) is 2.60. The first-order valence-electron chi connectivity index (χ1n) is 8.28. The molecule has 0 aliphatic heterocycles. The fourth-order valence-electron chi connectivity index (χ4n) is 2.06. The molecule has 0 amide bonds. The van der Waals surface area contributed by atoms with Crippen LogP contribution in [0.1, 0.15) is 20.8 Å². The van der Waals surface area contributed by atoms with E-state index in [0.717, 1.165) is 0 Å². The molecule has 1 aromatic carbocycles. The van der Waals surface area contributed by atoms with Crippen molar-refractivity contribution in [2.45, 2.75) is 31.8 Å². The number of esters is 1. The standard InChI is InChI=1S/C17H21BrN4O5S/c1-10(2)15(9-26-11(3)23)27-16-14(18)8-20-17(22-16)21-12-4-6-13(7-5-12)28(19,24)25/h4-8,10,15H,9H2,1-3H3,(H2,19,24,25)(H,20,21,22)/t15-/m0/s1. The molecule has 0 radical (unpaired) electrons. The molecule has 0 aliphatic rings. The summed E-state index contributed by atoms with van der Waals surface area (Å²) < 4.78 is 34.1. The first kappa shape index (κ1) is 22.1. The van der Waals surface area contributed by atoms with Gasteiger partial charge in [0, 0.05) is 12.6 Å². The van der Waals surface area contributed by atoms with Gasteiger partial charge >= 0.3 is 5.97 Å². The van der Waals surface area contributed by atoms with Crippen molar-refractivity contribution >= 4 is 43.6 Å². The molecule has 0 spiro atoms. The van der Waals surface area contributed by atoms with E-state index in [9.17, 15) is 13.2 Å². The lowest BCUT2D eigenvalue weighted by atomic mass is 10.1. The number of anilines is 2. The molecule has 2 rings (SSSR count). The normalized spacial score (nSPS) is 12.5. The molecule has 0 saturated carbocycles. The van der Waals surface area contributed by atoms with Gasteiger partial charge in [-0.15, -0.1) is 0 Å². The van der Waals surface area contributed by atoms with Gasteiger partial charge in [-0.1, -0.05) is 13.8 Å². The monoisotopic (exact) mass is 472 g/mol. The Morgan fingerprint density at radius 2 is 1.93 bits per heavy atom. The Kier molecular flexibility index (Phi) is 7.33. The van der Waals surface area contributed by atoms with Gasteiger partial charge in [0.1, 0.15) is 12.7 Å². The average molecular weight is 473 g/mol. The zero-order valence-electron chi connectivity index (χ0n) is 15.5. The number of halogens is 1. The molecular weight excluding hydrogens is 452 g/mol. The van der Waals surface area contributed by atoms with Crippen molar-refractivity contribution in [3.05, 3.63) is 34.9 Å². The number of carbonyl (C=O) groups is 1. The van der Waals surface area contributed by atoms with E-state index in [0.29, 0.717) is 10.2 Å². The lowest BCUT2D eigenvalue weighted by Crippen LogP contribution is -2.30. The Bertz CT molecular complexity index is 935. The SMILES string of the molecule is CC(=O)OC[C@H](Oc1nc(Nc2ccc(S(N)(=O)=O)cc2)ncc1Br)C(C)C. The van der Waals surface area contributed by atoms with E-state index in [1.807, 2.05) is 13.8 Å². The third kappa shape index (κ3) is 6.43. The predicted octanol–water partition coefficient (Wildman–Crippen LogP) is 2.60. The number of carbonyl (C=O) groups excluding carboxylic acids is 1. The van der Waals surface area contributed by atoms with Crippen LogP contribution < -0.4 is 15.2 Å². The molecule has 2 aromatic rings. The van der Waals surface area contributed by atoms with E-state index in [1.54, 1.807) is 12.1 Å². The third-order valence-electron chi connectivity index (χ3n) is 3.61. The molecule has 28 heavy (non-hydrogen) atoms. The number of sulfonamides is 1. The fourth-order valence-corrected chi connectivity index (χ4v) is 2.86. The van der Waals surface area contributed by atoms with Crippen molar-refractivity contribution in [1.29, 1.82) is 0 Å². The Morgan fingerprint density at radius 1 is 1.29 bits per heavy atom. The highest BCUT2D eigenvalue weighted by Gasteiger charge is 2.20. The zero-order valence-corrected chi connectivity index (χ0v) is 18.0. The van der Waals surface area contributed by atoms with Crippen molar-refractivity contribution in [1.82, 2.24) is 9.97 Å². The van der Waals surface area contributed by atoms with Gasteiger partial charge in [0.05, 0.1) is 15.6 Å². The lowest BCUT2D eigenvalue weighted by molar-refractivity contribution is -0.144. The molecular formula is C17H21BrN4O5S. The Labute approximate surface area is 171 Å². The van der Waals surface area contributed by atoms with Gasteiger partial charge in [-0.25, -0.2) is 18.5 Å². The van der Waals surface area contributed by atoms with Crippen molar-refractivity contribution in [3.63, 3.8) is 0 Å². The van der Waals surface area contributed by atoms with Crippen molar-refractivity contribution in [2.75, 3.05) is 11.9 Å². The molecule has 0 fully saturated rings. The number of aromatic nitrogens is 2. The Hall–Kier alpha value is -2.24. The fraction of sp³-hybridized carbons (Fsp3) is 0.353. The molecule has 9 nitrogen and oxygen atoms in total. The number of ether oxygens (including phenoxy) is 2. The quantitative estimate of drug-likeness (QED) is 0.559. The maximum absolute atomic E-state index is 11.3. The van der Waals surface area contributed by atoms with E-state index in [2.05, 4.69) is 31.2 Å². The first-order valence-corrected chi connectivity index (χ1v) is 10.6. The topological polar surface area (TPSA) is 134 Å². The number of rotatable bonds is 8. The highest BCUT2D eigenvalue weighted by molar-refractivity contribution is 9.10. The third-order valence-corrected chi connectivity index (χ3v) is 5.08. The number of hydrogen-bond acceptors (Lipinski definition) is 8. The van der Waals surface area contributed by atoms with Crippen LogP contribution >= 0.6 is 15.9 Å². The molecule has 11 heteroatoms. The summed E-state index contributed by atoms with van der Waals surface area (Å²) >= 11 is 3.34. The van der Waals surface area contributed by atoms with E-state index in [-0.39, 0.29) is 35.2 Å². The maximum Gasteiger partial charge on any atom is 0.302 e. The van der Waals surface area contributed by atoms with Gasteiger partial charge < -0.3 is 14.8 Å². The smallest absolute Gasteiger partial charge is 0.302 e. The van der Waals surface area contributed by atoms with Crippen LogP contribution in [0.4, 0.5) is 11.6 Å². The van der Waals surface area contributed by atoms with Crippen LogP contribution in [0, 0.1) is 5.92 Å². The zero-order chi connectivity index (χ0) is 20.9. The van der Waals surface area contributed by atoms with Crippen LogP contribution in [0.5, 0.6) is 5.88 Å². The second kappa shape index (κ2) is 9.30. The highest BCUT2D eigenvalue weighted by Crippen LogP contribution is 2.26. The number of benzene rings is 1. The summed E-state index contributed by atoms with van der Waals surface area (Å²) in [5.74, 6) is 0.214. The number of nitrogens with two attached hydrogens (primary N) is 1. The maximum atomic E-state index is 11.3. The molecule has 1 atom stereocenters. The second-order valence-corrected chi connectivity index (χ2v) is 8.66. The van der Waals surface area contributed by atoms with Crippen molar-refractivity contribution in [2.24, 2.45) is 11.1 Å². The van der Waals surface area contributed by atoms with E-state index >= 15 is 0 Å². The largest absolute Gasteiger partial charge is 0.470 e. The molecule has 0 unspecified atom stereocenters. The van der Waals surface area contributed by atoms with Crippen LogP contribution in [-0.4, -0.2) is 37.1 Å². The minimum atomic E-state index is -3.76. The van der Waals surface area contributed by atoms with Crippen LogP contribution in [0.3, 0.4) is 0 Å². The number of hydrogen-bond donors (Lipinski definition) is 2. The summed E-state index contributed by atoms with van der Waals surface area (Å²) in [6.07, 6.45) is 1.13. The Morgan fingerprint density at radius 3 is 2.46 bits per heavy atom. The summed E-state index contributed by atoms with van der Waals surface area (Å²) in [6, 6.07) is 5.84. The number of primary sulfonamides is 1. The molecule has 0 saturated heterocycles. The second-order valence-electron chi connectivity index (χ2n) is 6.24. The molecule has 3 N–H and O–H groups in total. The predicted molar refractivity (Wildman–Crippen MR) is 107 cm³/mol. The van der Waals surface area contributed by atoms with Crippen LogP contribution in [0.15, 0.2) is 39.8 Å². The van der Waals surface area contributed by atoms with Crippen molar-refractivity contribution < 1.29 is 22.7 Å². The minimum absolute atomic E-state index is 0.00374. The molecule has 0 aliphatic carbocycles. The van der Waals surface area contributed by atoms with Gasteiger partial charge in [-0.05, 0) is 46.1 Å². The number of nitrogens with one attached hydrogen (secondary N) is 1. The lowest BCUT2D eigenvalue weighted by Gasteiger charge is -2.22. The summed E-state index contributed by atoms with van der Waals surface area (Å²) in [6.45, 7) is 5.31. The van der Waals surface area contributed by atoms with Gasteiger partial charge in [-0.3, -0.25) is 4.79 Å². The molecule has 152 valence electrons. The van der Waals surface area contributed by atoms with Gasteiger partial charge in [0.25, 0.3) is 0 Å². The summed E-state index contributed by atoms with van der Waals surface area (Å²) in [4.78, 5) is 19.5. The van der Waals surface area contributed by atoms with Gasteiger partial charge in [0.15, 0.2) is 0 Å². The summed E-state index contributed by atoms with van der Waals surface area (Å²) in [5.41, 5.74) is 0.570. The molecule has 1 aromatic heterocycles. The van der Waals surface area contributed by atoms with Gasteiger partial charge in [-0.2, -0.15) is 4.98 Å². The van der Waals surface area contributed by atoms with E-state index in [4.69, 9.17) is 14.6 Å². The highest BCUT2D eigenvalue weighted by atomic mass is 79.9. The molecule has 0 bridgehead atoms.